The van der Waals surface area contributed by atoms with Gasteiger partial charge in [-0.15, -0.1) is 0 Å². The molecule has 0 amide bonds. The normalized spacial score (nSPS) is 19.9. The van der Waals surface area contributed by atoms with E-state index in [2.05, 4.69) is 17.3 Å². The molecule has 17 heavy (non-hydrogen) atoms. The van der Waals surface area contributed by atoms with Gasteiger partial charge in [0.1, 0.15) is 5.75 Å². The van der Waals surface area contributed by atoms with Gasteiger partial charge in [-0.2, -0.15) is 0 Å². The Balaban J connectivity index is 2.06. The van der Waals surface area contributed by atoms with Crippen molar-refractivity contribution in [3.8, 4) is 5.75 Å². The van der Waals surface area contributed by atoms with Gasteiger partial charge < -0.3 is 10.1 Å². The SMILES string of the molecule is COc1ccc(Cl)c(CN(C)C2CCNC2)c1. The molecule has 0 aromatic heterocycles. The predicted molar refractivity (Wildman–Crippen MR) is 70.7 cm³/mol. The lowest BCUT2D eigenvalue weighted by atomic mass is 10.1. The van der Waals surface area contributed by atoms with Crippen molar-refractivity contribution in [2.75, 3.05) is 27.2 Å². The molecule has 3 nitrogen and oxygen atoms in total. The van der Waals surface area contributed by atoms with E-state index in [1.165, 1.54) is 6.42 Å². The summed E-state index contributed by atoms with van der Waals surface area (Å²) in [5.74, 6) is 0.863. The topological polar surface area (TPSA) is 24.5 Å². The molecule has 1 unspecified atom stereocenters. The van der Waals surface area contributed by atoms with Crippen molar-refractivity contribution < 1.29 is 4.74 Å². The minimum Gasteiger partial charge on any atom is -0.497 e. The molecule has 94 valence electrons. The van der Waals surface area contributed by atoms with E-state index in [1.54, 1.807) is 7.11 Å². The van der Waals surface area contributed by atoms with Gasteiger partial charge in [-0.3, -0.25) is 4.90 Å². The Bertz CT molecular complexity index is 378. The van der Waals surface area contributed by atoms with Gasteiger partial charge in [0.15, 0.2) is 0 Å². The van der Waals surface area contributed by atoms with Crippen molar-refractivity contribution in [3.05, 3.63) is 28.8 Å². The lowest BCUT2D eigenvalue weighted by Gasteiger charge is -2.24. The van der Waals surface area contributed by atoms with Crippen LogP contribution in [0.25, 0.3) is 0 Å². The first-order valence-electron chi connectivity index (χ1n) is 5.94. The molecule has 1 N–H and O–H groups in total. The van der Waals surface area contributed by atoms with Crippen LogP contribution < -0.4 is 10.1 Å². The Morgan fingerprint density at radius 2 is 2.35 bits per heavy atom. The summed E-state index contributed by atoms with van der Waals surface area (Å²) in [4.78, 5) is 2.35. The summed E-state index contributed by atoms with van der Waals surface area (Å²) in [5.41, 5.74) is 1.13. The van der Waals surface area contributed by atoms with Crippen molar-refractivity contribution in [3.63, 3.8) is 0 Å². The molecule has 4 heteroatoms. The van der Waals surface area contributed by atoms with Gasteiger partial charge >= 0.3 is 0 Å². The molecular formula is C13H19ClN2O. The standard InChI is InChI=1S/C13H19ClN2O/c1-16(11-5-6-15-8-11)9-10-7-12(17-2)3-4-13(10)14/h3-4,7,11,15H,5-6,8-9H2,1-2H3. The largest absolute Gasteiger partial charge is 0.497 e. The molecule has 2 rings (SSSR count). The number of nitrogens with zero attached hydrogens (tertiary/aromatic N) is 1. The summed E-state index contributed by atoms with van der Waals surface area (Å²) >= 11 is 6.21. The zero-order valence-corrected chi connectivity index (χ0v) is 11.1. The first-order chi connectivity index (χ1) is 8.20. The first kappa shape index (κ1) is 12.7. The smallest absolute Gasteiger partial charge is 0.119 e. The molecule has 0 bridgehead atoms. The Morgan fingerprint density at radius 3 is 3.00 bits per heavy atom. The van der Waals surface area contributed by atoms with Crippen molar-refractivity contribution in [1.29, 1.82) is 0 Å². The number of hydrogen-bond donors (Lipinski definition) is 1. The number of benzene rings is 1. The first-order valence-corrected chi connectivity index (χ1v) is 6.32. The van der Waals surface area contributed by atoms with Crippen molar-refractivity contribution in [2.45, 2.75) is 19.0 Å². The van der Waals surface area contributed by atoms with Crippen LogP contribution >= 0.6 is 11.6 Å². The van der Waals surface area contributed by atoms with E-state index in [0.29, 0.717) is 6.04 Å². The van der Waals surface area contributed by atoms with Crippen LogP contribution in [0.1, 0.15) is 12.0 Å². The number of likely N-dealkylation sites (N-methyl/N-ethyl adjacent to an activating group) is 1. The highest BCUT2D eigenvalue weighted by molar-refractivity contribution is 6.31. The fourth-order valence-corrected chi connectivity index (χ4v) is 2.39. The summed E-state index contributed by atoms with van der Waals surface area (Å²) in [7, 11) is 3.82. The monoisotopic (exact) mass is 254 g/mol. The van der Waals surface area contributed by atoms with E-state index in [4.69, 9.17) is 16.3 Å². The summed E-state index contributed by atoms with van der Waals surface area (Å²) in [6.07, 6.45) is 1.21. The van der Waals surface area contributed by atoms with E-state index in [9.17, 15) is 0 Å². The van der Waals surface area contributed by atoms with Crippen molar-refractivity contribution in [2.24, 2.45) is 0 Å². The van der Waals surface area contributed by atoms with Crippen LogP contribution in [0.3, 0.4) is 0 Å². The molecule has 1 aliphatic rings. The number of halogens is 1. The number of ether oxygens (including phenoxy) is 1. The predicted octanol–water partition coefficient (Wildman–Crippen LogP) is 2.14. The fraction of sp³-hybridized carbons (Fsp3) is 0.538. The van der Waals surface area contributed by atoms with E-state index in [1.807, 2.05) is 18.2 Å². The zero-order valence-electron chi connectivity index (χ0n) is 10.4. The number of nitrogens with one attached hydrogen (secondary N) is 1. The van der Waals surface area contributed by atoms with Crippen LogP contribution in [0.4, 0.5) is 0 Å². The fourth-order valence-electron chi connectivity index (χ4n) is 2.21. The van der Waals surface area contributed by atoms with Gasteiger partial charge in [-0.25, -0.2) is 0 Å². The lowest BCUT2D eigenvalue weighted by molar-refractivity contribution is 0.248. The maximum absolute atomic E-state index is 6.21. The third-order valence-corrected chi connectivity index (χ3v) is 3.70. The van der Waals surface area contributed by atoms with E-state index in [-0.39, 0.29) is 0 Å². The molecule has 1 saturated heterocycles. The molecule has 0 radical (unpaired) electrons. The molecule has 1 heterocycles. The van der Waals surface area contributed by atoms with Crippen LogP contribution in [-0.4, -0.2) is 38.2 Å². The molecule has 1 aromatic carbocycles. The van der Waals surface area contributed by atoms with Crippen LogP contribution in [0.2, 0.25) is 5.02 Å². The molecule has 1 aromatic rings. The van der Waals surface area contributed by atoms with E-state index < -0.39 is 0 Å². The maximum Gasteiger partial charge on any atom is 0.119 e. The minimum atomic E-state index is 0.609. The van der Waals surface area contributed by atoms with Gasteiger partial charge in [-0.05, 0) is 43.8 Å². The summed E-state index contributed by atoms with van der Waals surface area (Å²) < 4.78 is 5.23. The number of rotatable bonds is 4. The van der Waals surface area contributed by atoms with Gasteiger partial charge in [0, 0.05) is 24.2 Å². The van der Waals surface area contributed by atoms with Gasteiger partial charge in [0.2, 0.25) is 0 Å². The highest BCUT2D eigenvalue weighted by Crippen LogP contribution is 2.24. The maximum atomic E-state index is 6.21. The van der Waals surface area contributed by atoms with E-state index >= 15 is 0 Å². The second-order valence-electron chi connectivity index (χ2n) is 4.52. The number of hydrogen-bond acceptors (Lipinski definition) is 3. The minimum absolute atomic E-state index is 0.609. The van der Waals surface area contributed by atoms with Crippen LogP contribution in [0, 0.1) is 0 Å². The summed E-state index contributed by atoms with van der Waals surface area (Å²) in [6, 6.07) is 6.41. The van der Waals surface area contributed by atoms with Gasteiger partial charge in [0.25, 0.3) is 0 Å². The molecule has 1 atom stereocenters. The van der Waals surface area contributed by atoms with Gasteiger partial charge in [0.05, 0.1) is 7.11 Å². The average Bonchev–Trinajstić information content (AvgIpc) is 2.85. The molecule has 1 fully saturated rings. The second kappa shape index (κ2) is 5.71. The molecule has 1 aliphatic heterocycles. The van der Waals surface area contributed by atoms with Crippen molar-refractivity contribution >= 4 is 11.6 Å². The molecule has 0 saturated carbocycles. The van der Waals surface area contributed by atoms with Crippen LogP contribution in [-0.2, 0) is 6.54 Å². The third kappa shape index (κ3) is 3.12. The van der Waals surface area contributed by atoms with Crippen molar-refractivity contribution in [1.82, 2.24) is 10.2 Å². The summed E-state index contributed by atoms with van der Waals surface area (Å²) in [5, 5.41) is 4.19. The van der Waals surface area contributed by atoms with E-state index in [0.717, 1.165) is 36.0 Å². The number of methoxy groups -OCH3 is 1. The molecule has 0 spiro atoms. The Hall–Kier alpha value is -0.770. The third-order valence-electron chi connectivity index (χ3n) is 3.33. The highest BCUT2D eigenvalue weighted by atomic mass is 35.5. The Labute approximate surface area is 108 Å². The zero-order chi connectivity index (χ0) is 12.3. The highest BCUT2D eigenvalue weighted by Gasteiger charge is 2.19. The van der Waals surface area contributed by atoms with Gasteiger partial charge in [-0.1, -0.05) is 11.6 Å². The van der Waals surface area contributed by atoms with Crippen LogP contribution in [0.15, 0.2) is 18.2 Å². The Morgan fingerprint density at radius 1 is 1.53 bits per heavy atom. The Kier molecular flexibility index (Phi) is 4.26. The second-order valence-corrected chi connectivity index (χ2v) is 4.93. The lowest BCUT2D eigenvalue weighted by Crippen LogP contribution is -2.32. The average molecular weight is 255 g/mol. The van der Waals surface area contributed by atoms with Crippen LogP contribution in [0.5, 0.6) is 5.75 Å². The quantitative estimate of drug-likeness (QED) is 0.891. The summed E-state index contributed by atoms with van der Waals surface area (Å²) in [6.45, 7) is 3.04. The molecular weight excluding hydrogens is 236 g/mol. The molecule has 0 aliphatic carbocycles.